The lowest BCUT2D eigenvalue weighted by atomic mass is 10.1. The van der Waals surface area contributed by atoms with Crippen molar-refractivity contribution in [3.63, 3.8) is 0 Å². The number of rotatable bonds is 7. The first-order chi connectivity index (χ1) is 13.6. The van der Waals surface area contributed by atoms with Crippen molar-refractivity contribution in [3.8, 4) is 11.5 Å². The Balaban J connectivity index is 1.86. The highest BCUT2D eigenvalue weighted by atomic mass is 16.5. The maximum absolute atomic E-state index is 13.2. The molecule has 4 nitrogen and oxygen atoms in total. The van der Waals surface area contributed by atoms with Gasteiger partial charge in [-0.1, -0.05) is 54.1 Å². The average molecular weight is 375 g/mol. The molecule has 3 rings (SSSR count). The molecule has 3 aromatic carbocycles. The number of aryl methyl sites for hydroxylation is 1. The highest BCUT2D eigenvalue weighted by molar-refractivity contribution is 5.94. The van der Waals surface area contributed by atoms with Gasteiger partial charge in [-0.2, -0.15) is 0 Å². The summed E-state index contributed by atoms with van der Waals surface area (Å²) in [6, 6.07) is 23.6. The quantitative estimate of drug-likeness (QED) is 0.596. The van der Waals surface area contributed by atoms with Crippen LogP contribution in [0.2, 0.25) is 0 Å². The molecule has 0 unspecified atom stereocenters. The fourth-order valence-corrected chi connectivity index (χ4v) is 3.07. The van der Waals surface area contributed by atoms with E-state index in [1.807, 2.05) is 84.6 Å². The molecule has 0 radical (unpaired) electrons. The molecule has 0 aliphatic rings. The van der Waals surface area contributed by atoms with Crippen LogP contribution in [-0.4, -0.2) is 20.1 Å². The van der Waals surface area contributed by atoms with E-state index >= 15 is 0 Å². The molecule has 0 saturated carbocycles. The lowest BCUT2D eigenvalue weighted by Crippen LogP contribution is -2.31. The van der Waals surface area contributed by atoms with Crippen LogP contribution in [0.15, 0.2) is 72.8 Å². The maximum Gasteiger partial charge on any atom is 0.231 e. The first kappa shape index (κ1) is 19.5. The third-order valence-electron chi connectivity index (χ3n) is 4.63. The molecule has 0 atom stereocenters. The average Bonchev–Trinajstić information content (AvgIpc) is 2.73. The van der Waals surface area contributed by atoms with Crippen LogP contribution in [0.1, 0.15) is 16.7 Å². The van der Waals surface area contributed by atoms with E-state index in [4.69, 9.17) is 9.47 Å². The molecule has 0 aromatic heterocycles. The zero-order valence-electron chi connectivity index (χ0n) is 16.5. The summed E-state index contributed by atoms with van der Waals surface area (Å²) < 4.78 is 10.6. The van der Waals surface area contributed by atoms with Crippen LogP contribution in [0.5, 0.6) is 11.5 Å². The summed E-state index contributed by atoms with van der Waals surface area (Å²) >= 11 is 0. The third-order valence-corrected chi connectivity index (χ3v) is 4.63. The predicted molar refractivity (Wildman–Crippen MR) is 112 cm³/mol. The minimum atomic E-state index is 0.0277. The maximum atomic E-state index is 13.2. The molecule has 0 bridgehead atoms. The summed E-state index contributed by atoms with van der Waals surface area (Å²) in [6.45, 7) is 2.56. The van der Waals surface area contributed by atoms with Gasteiger partial charge in [0.1, 0.15) is 0 Å². The second-order valence-corrected chi connectivity index (χ2v) is 6.67. The van der Waals surface area contributed by atoms with Gasteiger partial charge in [-0.25, -0.2) is 0 Å². The zero-order chi connectivity index (χ0) is 19.9. The van der Waals surface area contributed by atoms with Crippen LogP contribution in [0.3, 0.4) is 0 Å². The van der Waals surface area contributed by atoms with Gasteiger partial charge in [0, 0.05) is 5.69 Å². The van der Waals surface area contributed by atoms with Crippen LogP contribution < -0.4 is 14.4 Å². The monoisotopic (exact) mass is 375 g/mol. The molecule has 0 spiro atoms. The molecule has 0 aliphatic heterocycles. The van der Waals surface area contributed by atoms with E-state index in [1.54, 1.807) is 14.2 Å². The minimum Gasteiger partial charge on any atom is -0.493 e. The van der Waals surface area contributed by atoms with E-state index in [-0.39, 0.29) is 12.3 Å². The number of hydrogen-bond donors (Lipinski definition) is 0. The second-order valence-electron chi connectivity index (χ2n) is 6.67. The predicted octanol–water partition coefficient (Wildman–Crippen LogP) is 4.79. The number of ether oxygens (including phenoxy) is 2. The van der Waals surface area contributed by atoms with Crippen molar-refractivity contribution in [1.82, 2.24) is 0 Å². The van der Waals surface area contributed by atoms with E-state index in [9.17, 15) is 4.79 Å². The standard InChI is InChI=1S/C24H25NO3/c1-18-9-12-21(13-10-18)25(17-19-7-5-4-6-8-19)24(26)16-20-11-14-22(27-2)23(15-20)28-3/h4-15H,16-17H2,1-3H3. The van der Waals surface area contributed by atoms with Crippen LogP contribution in [-0.2, 0) is 17.8 Å². The molecular formula is C24H25NO3. The summed E-state index contributed by atoms with van der Waals surface area (Å²) in [5.74, 6) is 1.30. The summed E-state index contributed by atoms with van der Waals surface area (Å²) in [4.78, 5) is 15.0. The van der Waals surface area contributed by atoms with Gasteiger partial charge in [-0.05, 0) is 42.3 Å². The van der Waals surface area contributed by atoms with Gasteiger partial charge in [0.15, 0.2) is 11.5 Å². The Labute approximate surface area is 166 Å². The van der Waals surface area contributed by atoms with Crippen molar-refractivity contribution < 1.29 is 14.3 Å². The molecule has 0 saturated heterocycles. The first-order valence-corrected chi connectivity index (χ1v) is 9.22. The van der Waals surface area contributed by atoms with Crippen molar-refractivity contribution in [1.29, 1.82) is 0 Å². The van der Waals surface area contributed by atoms with Crippen molar-refractivity contribution >= 4 is 11.6 Å². The first-order valence-electron chi connectivity index (χ1n) is 9.22. The van der Waals surface area contributed by atoms with Crippen molar-refractivity contribution in [2.24, 2.45) is 0 Å². The minimum absolute atomic E-state index is 0.0277. The summed E-state index contributed by atoms with van der Waals surface area (Å²) in [5.41, 5.74) is 4.02. The molecule has 0 N–H and O–H groups in total. The van der Waals surface area contributed by atoms with E-state index in [0.29, 0.717) is 18.0 Å². The van der Waals surface area contributed by atoms with E-state index in [1.165, 1.54) is 0 Å². The van der Waals surface area contributed by atoms with E-state index in [2.05, 4.69) is 0 Å². The fourth-order valence-electron chi connectivity index (χ4n) is 3.07. The van der Waals surface area contributed by atoms with Crippen molar-refractivity contribution in [2.45, 2.75) is 19.9 Å². The number of carbonyl (C=O) groups excluding carboxylic acids is 1. The lowest BCUT2D eigenvalue weighted by molar-refractivity contribution is -0.118. The third kappa shape index (κ3) is 4.71. The number of hydrogen-bond acceptors (Lipinski definition) is 3. The van der Waals surface area contributed by atoms with Gasteiger partial charge in [0.05, 0.1) is 27.2 Å². The highest BCUT2D eigenvalue weighted by Crippen LogP contribution is 2.28. The van der Waals surface area contributed by atoms with Gasteiger partial charge in [-0.15, -0.1) is 0 Å². The number of carbonyl (C=O) groups is 1. The van der Waals surface area contributed by atoms with Crippen molar-refractivity contribution in [2.75, 3.05) is 19.1 Å². The number of benzene rings is 3. The van der Waals surface area contributed by atoms with Gasteiger partial charge < -0.3 is 14.4 Å². The fraction of sp³-hybridized carbons (Fsp3) is 0.208. The Morgan fingerprint density at radius 3 is 2.14 bits per heavy atom. The summed E-state index contributed by atoms with van der Waals surface area (Å²) in [7, 11) is 3.19. The smallest absolute Gasteiger partial charge is 0.231 e. The Hall–Kier alpha value is -3.27. The van der Waals surface area contributed by atoms with Crippen LogP contribution in [0.4, 0.5) is 5.69 Å². The normalized spacial score (nSPS) is 10.4. The SMILES string of the molecule is COc1ccc(CC(=O)N(Cc2ccccc2)c2ccc(C)cc2)cc1OC. The number of nitrogens with zero attached hydrogens (tertiary/aromatic N) is 1. The van der Waals surface area contributed by atoms with Gasteiger partial charge in [0.2, 0.25) is 5.91 Å². The topological polar surface area (TPSA) is 38.8 Å². The van der Waals surface area contributed by atoms with Crippen LogP contribution in [0, 0.1) is 6.92 Å². The Kier molecular flexibility index (Phi) is 6.33. The lowest BCUT2D eigenvalue weighted by Gasteiger charge is -2.23. The molecule has 4 heteroatoms. The van der Waals surface area contributed by atoms with Crippen LogP contribution >= 0.6 is 0 Å². The number of methoxy groups -OCH3 is 2. The summed E-state index contributed by atoms with van der Waals surface area (Å²) in [5, 5.41) is 0. The summed E-state index contributed by atoms with van der Waals surface area (Å²) in [6.07, 6.45) is 0.279. The van der Waals surface area contributed by atoms with Gasteiger partial charge in [0.25, 0.3) is 0 Å². The molecule has 0 heterocycles. The molecular weight excluding hydrogens is 350 g/mol. The Morgan fingerprint density at radius 1 is 0.821 bits per heavy atom. The van der Waals surface area contributed by atoms with Crippen LogP contribution in [0.25, 0.3) is 0 Å². The molecule has 28 heavy (non-hydrogen) atoms. The van der Waals surface area contributed by atoms with Gasteiger partial charge in [-0.3, -0.25) is 4.79 Å². The molecule has 1 amide bonds. The molecule has 0 fully saturated rings. The number of anilines is 1. The van der Waals surface area contributed by atoms with E-state index in [0.717, 1.165) is 22.4 Å². The molecule has 0 aliphatic carbocycles. The molecule has 144 valence electrons. The Morgan fingerprint density at radius 2 is 1.50 bits per heavy atom. The van der Waals surface area contributed by atoms with Crippen molar-refractivity contribution in [3.05, 3.63) is 89.5 Å². The zero-order valence-corrected chi connectivity index (χ0v) is 16.5. The Bertz CT molecular complexity index is 920. The second kappa shape index (κ2) is 9.09. The highest BCUT2D eigenvalue weighted by Gasteiger charge is 2.18. The van der Waals surface area contributed by atoms with Gasteiger partial charge >= 0.3 is 0 Å². The largest absolute Gasteiger partial charge is 0.493 e. The van der Waals surface area contributed by atoms with E-state index < -0.39 is 0 Å². The molecule has 3 aromatic rings. The number of amides is 1.